The van der Waals surface area contributed by atoms with Crippen molar-refractivity contribution in [2.45, 2.75) is 52.9 Å². The van der Waals surface area contributed by atoms with Gasteiger partial charge in [0.2, 0.25) is 11.8 Å². The summed E-state index contributed by atoms with van der Waals surface area (Å²) in [5.74, 6) is -1.26. The van der Waals surface area contributed by atoms with Crippen LogP contribution in [0.1, 0.15) is 40.2 Å². The lowest BCUT2D eigenvalue weighted by Crippen LogP contribution is -2.52. The number of amides is 3. The van der Waals surface area contributed by atoms with Gasteiger partial charge in [0.05, 0.1) is 13.2 Å². The Hall–Kier alpha value is -2.03. The van der Waals surface area contributed by atoms with Crippen LogP contribution in [0.5, 0.6) is 0 Å². The van der Waals surface area contributed by atoms with Gasteiger partial charge in [0.1, 0.15) is 11.6 Å². The zero-order valence-corrected chi connectivity index (χ0v) is 18.6. The van der Waals surface area contributed by atoms with Crippen LogP contribution in [0.15, 0.2) is 12.1 Å². The maximum atomic E-state index is 12.4. The van der Waals surface area contributed by atoms with Gasteiger partial charge in [-0.15, -0.1) is 0 Å². The second-order valence-corrected chi connectivity index (χ2v) is 8.52. The van der Waals surface area contributed by atoms with Gasteiger partial charge < -0.3 is 25.8 Å². The molecule has 0 heterocycles. The Balaban J connectivity index is 2.66. The third-order valence-electron chi connectivity index (χ3n) is 3.63. The lowest BCUT2D eigenvalue weighted by molar-refractivity contribution is -0.126. The molecule has 29 heavy (non-hydrogen) atoms. The van der Waals surface area contributed by atoms with Gasteiger partial charge in [0.15, 0.2) is 0 Å². The number of benzene rings is 1. The summed E-state index contributed by atoms with van der Waals surface area (Å²) in [7, 11) is 0. The predicted molar refractivity (Wildman–Crippen MR) is 112 cm³/mol. The van der Waals surface area contributed by atoms with Crippen molar-refractivity contribution in [2.75, 3.05) is 11.9 Å². The molecule has 1 unspecified atom stereocenters. The molecule has 0 aliphatic carbocycles. The van der Waals surface area contributed by atoms with Crippen molar-refractivity contribution in [1.82, 2.24) is 10.6 Å². The number of aliphatic hydroxyl groups is 1. The molecule has 0 aliphatic heterocycles. The van der Waals surface area contributed by atoms with Gasteiger partial charge >= 0.3 is 6.09 Å². The topological polar surface area (TPSA) is 117 Å². The van der Waals surface area contributed by atoms with E-state index in [1.807, 2.05) is 0 Å². The molecule has 0 aliphatic rings. The van der Waals surface area contributed by atoms with E-state index in [0.717, 1.165) is 0 Å². The number of hydrogen-bond acceptors (Lipinski definition) is 5. The van der Waals surface area contributed by atoms with Gasteiger partial charge in [0, 0.05) is 21.3 Å². The van der Waals surface area contributed by atoms with Crippen molar-refractivity contribution < 1.29 is 24.2 Å². The molecule has 1 aromatic rings. The fraction of sp³-hybridized carbons (Fsp3) is 0.526. The number of aliphatic hydroxyl groups excluding tert-OH is 1. The highest BCUT2D eigenvalue weighted by molar-refractivity contribution is 6.36. The fourth-order valence-electron chi connectivity index (χ4n) is 2.28. The van der Waals surface area contributed by atoms with Crippen LogP contribution in [-0.4, -0.2) is 41.2 Å². The number of rotatable bonds is 7. The van der Waals surface area contributed by atoms with E-state index in [0.29, 0.717) is 11.3 Å². The maximum absolute atomic E-state index is 12.4. The van der Waals surface area contributed by atoms with E-state index in [2.05, 4.69) is 16.0 Å². The first kappa shape index (κ1) is 25.0. The number of ether oxygens (including phenoxy) is 1. The molecule has 0 spiro atoms. The minimum absolute atomic E-state index is 0.209. The Bertz CT molecular complexity index is 740. The first-order valence-electron chi connectivity index (χ1n) is 9.00. The van der Waals surface area contributed by atoms with Crippen LogP contribution in [0.4, 0.5) is 10.5 Å². The summed E-state index contributed by atoms with van der Waals surface area (Å²) in [6, 6.07) is 2.02. The third-order valence-corrected chi connectivity index (χ3v) is 4.30. The molecule has 1 rings (SSSR count). The van der Waals surface area contributed by atoms with E-state index in [-0.39, 0.29) is 29.1 Å². The number of nitrogens with one attached hydrogen (secondary N) is 3. The van der Waals surface area contributed by atoms with E-state index in [4.69, 9.17) is 27.9 Å². The molecular formula is C19H27Cl2N3O5. The molecule has 0 radical (unpaired) electrons. The Morgan fingerprint density at radius 1 is 1.14 bits per heavy atom. The van der Waals surface area contributed by atoms with Crippen molar-refractivity contribution in [3.05, 3.63) is 27.7 Å². The van der Waals surface area contributed by atoms with Gasteiger partial charge in [-0.3, -0.25) is 9.59 Å². The number of anilines is 1. The quantitative estimate of drug-likeness (QED) is 0.512. The van der Waals surface area contributed by atoms with E-state index in [9.17, 15) is 19.5 Å². The average molecular weight is 448 g/mol. The summed E-state index contributed by atoms with van der Waals surface area (Å²) in [5.41, 5.74) is -0.0211. The van der Waals surface area contributed by atoms with Gasteiger partial charge in [-0.05, 0) is 38.8 Å². The molecule has 162 valence electrons. The normalized spacial score (nSPS) is 12.3. The van der Waals surface area contributed by atoms with Gasteiger partial charge in [-0.1, -0.05) is 37.0 Å². The monoisotopic (exact) mass is 447 g/mol. The van der Waals surface area contributed by atoms with Crippen molar-refractivity contribution in [3.63, 3.8) is 0 Å². The zero-order chi connectivity index (χ0) is 22.4. The Morgan fingerprint density at radius 2 is 1.69 bits per heavy atom. The molecule has 0 saturated heterocycles. The minimum Gasteiger partial charge on any atom is -0.444 e. The summed E-state index contributed by atoms with van der Waals surface area (Å²) >= 11 is 12.0. The van der Waals surface area contributed by atoms with Crippen LogP contribution < -0.4 is 16.0 Å². The summed E-state index contributed by atoms with van der Waals surface area (Å²) in [6.07, 6.45) is -0.718. The molecular weight excluding hydrogens is 421 g/mol. The van der Waals surface area contributed by atoms with Crippen LogP contribution in [0.3, 0.4) is 0 Å². The lowest BCUT2D eigenvalue weighted by atomic mass is 10.0. The van der Waals surface area contributed by atoms with Gasteiger partial charge in [-0.25, -0.2) is 4.79 Å². The first-order valence-corrected chi connectivity index (χ1v) is 9.75. The van der Waals surface area contributed by atoms with Crippen LogP contribution in [0, 0.1) is 5.92 Å². The largest absolute Gasteiger partial charge is 0.444 e. The number of halogens is 2. The van der Waals surface area contributed by atoms with Crippen molar-refractivity contribution in [2.24, 2.45) is 5.92 Å². The predicted octanol–water partition coefficient (Wildman–Crippen LogP) is 3.09. The highest BCUT2D eigenvalue weighted by Gasteiger charge is 2.27. The zero-order valence-electron chi connectivity index (χ0n) is 17.1. The molecule has 0 saturated carbocycles. The molecule has 3 amide bonds. The van der Waals surface area contributed by atoms with Crippen LogP contribution in [0.25, 0.3) is 0 Å². The Morgan fingerprint density at radius 3 is 2.14 bits per heavy atom. The summed E-state index contributed by atoms with van der Waals surface area (Å²) in [6.45, 7) is 8.01. The second kappa shape index (κ2) is 10.7. The maximum Gasteiger partial charge on any atom is 0.408 e. The van der Waals surface area contributed by atoms with E-state index < -0.39 is 29.6 Å². The van der Waals surface area contributed by atoms with Crippen LogP contribution in [0.2, 0.25) is 10.0 Å². The van der Waals surface area contributed by atoms with E-state index in [1.54, 1.807) is 34.6 Å². The van der Waals surface area contributed by atoms with Crippen molar-refractivity contribution >= 4 is 46.8 Å². The highest BCUT2D eigenvalue weighted by atomic mass is 35.5. The lowest BCUT2D eigenvalue weighted by Gasteiger charge is -2.25. The molecule has 0 aromatic heterocycles. The number of carbonyl (C=O) groups excluding carboxylic acids is 3. The minimum atomic E-state index is -0.870. The number of alkyl carbamates (subject to hydrolysis) is 1. The molecule has 1 atom stereocenters. The number of hydrogen-bond donors (Lipinski definition) is 4. The number of carbonyl (C=O) groups is 3. The van der Waals surface area contributed by atoms with Crippen LogP contribution in [-0.2, 0) is 20.9 Å². The smallest absolute Gasteiger partial charge is 0.408 e. The summed E-state index contributed by atoms with van der Waals surface area (Å²) in [5, 5.41) is 17.2. The molecule has 1 aromatic carbocycles. The summed E-state index contributed by atoms with van der Waals surface area (Å²) in [4.78, 5) is 36.5. The summed E-state index contributed by atoms with van der Waals surface area (Å²) < 4.78 is 5.16. The van der Waals surface area contributed by atoms with Gasteiger partial charge in [-0.2, -0.15) is 0 Å². The first-order chi connectivity index (χ1) is 13.3. The average Bonchev–Trinajstić information content (AvgIpc) is 2.55. The SMILES string of the molecule is CC(C)C(NC(=O)OC(C)(C)C)C(=O)NCC(=O)Nc1cc(Cl)c(CO)c(Cl)c1. The standard InChI is InChI=1S/C19H27Cl2N3O5/c1-10(2)16(24-18(28)29-19(3,4)5)17(27)22-8-15(26)23-11-6-13(20)12(9-25)14(21)7-11/h6-7,10,16,25H,8-9H2,1-5H3,(H,22,27)(H,23,26)(H,24,28). The van der Waals surface area contributed by atoms with E-state index in [1.165, 1.54) is 12.1 Å². The van der Waals surface area contributed by atoms with Crippen molar-refractivity contribution in [1.29, 1.82) is 0 Å². The molecule has 10 heteroatoms. The van der Waals surface area contributed by atoms with Crippen LogP contribution >= 0.6 is 23.2 Å². The van der Waals surface area contributed by atoms with Gasteiger partial charge in [0.25, 0.3) is 0 Å². The molecule has 0 bridgehead atoms. The molecule has 0 fully saturated rings. The fourth-order valence-corrected chi connectivity index (χ4v) is 2.88. The third kappa shape index (κ3) is 8.47. The highest BCUT2D eigenvalue weighted by Crippen LogP contribution is 2.29. The second-order valence-electron chi connectivity index (χ2n) is 7.71. The molecule has 8 nitrogen and oxygen atoms in total. The molecule has 4 N–H and O–H groups in total. The van der Waals surface area contributed by atoms with Crippen molar-refractivity contribution in [3.8, 4) is 0 Å². The Kier molecular flexibility index (Phi) is 9.19. The van der Waals surface area contributed by atoms with E-state index >= 15 is 0 Å². The Labute approximate surface area is 180 Å².